The van der Waals surface area contributed by atoms with Crippen LogP contribution in [0.15, 0.2) is 24.3 Å². The Labute approximate surface area is 239 Å². The zero-order valence-electron chi connectivity index (χ0n) is 19.2. The van der Waals surface area contributed by atoms with Crippen LogP contribution in [0.5, 0.6) is 0 Å². The molecule has 6 heteroatoms. The van der Waals surface area contributed by atoms with Crippen molar-refractivity contribution in [2.24, 2.45) is 0 Å². The minimum Gasteiger partial charge on any atom is -0.326 e. The summed E-state index contributed by atoms with van der Waals surface area (Å²) in [5, 5.41) is 5.71. The van der Waals surface area contributed by atoms with Gasteiger partial charge in [0.2, 0.25) is 5.91 Å². The second-order valence-electron chi connectivity index (χ2n) is 7.54. The number of nitrogens with one attached hydrogen (secondary N) is 2. The molecule has 0 unspecified atom stereocenters. The van der Waals surface area contributed by atoms with Crippen LogP contribution in [0.3, 0.4) is 0 Å². The first kappa shape index (κ1) is 31.2. The topological polar surface area (TPSA) is 58.2 Å². The van der Waals surface area contributed by atoms with E-state index in [0.717, 1.165) is 17.2 Å². The van der Waals surface area contributed by atoms with Crippen molar-refractivity contribution in [1.82, 2.24) is 0 Å². The van der Waals surface area contributed by atoms with Crippen molar-refractivity contribution in [1.29, 1.82) is 0 Å². The van der Waals surface area contributed by atoms with Gasteiger partial charge in [-0.1, -0.05) is 6.08 Å². The Bertz CT molecular complexity index is 825. The summed E-state index contributed by atoms with van der Waals surface area (Å²) in [7, 11) is 0. The molecule has 0 bridgehead atoms. The van der Waals surface area contributed by atoms with Crippen molar-refractivity contribution in [3.8, 4) is 0 Å². The number of rotatable bonds is 3. The molecule has 20 radical (unpaired) electrons. The van der Waals surface area contributed by atoms with Crippen LogP contribution in [0.1, 0.15) is 5.56 Å². The molecule has 1 aromatic rings. The van der Waals surface area contributed by atoms with Gasteiger partial charge in [0.15, 0.2) is 0 Å². The van der Waals surface area contributed by atoms with Gasteiger partial charge in [-0.3, -0.25) is 9.59 Å². The van der Waals surface area contributed by atoms with Crippen LogP contribution in [0.2, 0.25) is 0 Å². The van der Waals surface area contributed by atoms with Crippen LogP contribution in [0.4, 0.5) is 11.4 Å². The molecule has 2 amide bonds. The van der Waals surface area contributed by atoms with Crippen LogP contribution in [-0.2, 0) is 43.7 Å². The van der Waals surface area contributed by atoms with E-state index in [1.54, 1.807) is 25.0 Å². The molecule has 0 atom stereocenters. The van der Waals surface area contributed by atoms with Gasteiger partial charge in [0.1, 0.15) is 0 Å². The van der Waals surface area contributed by atoms with Gasteiger partial charge < -0.3 is 10.6 Å². The normalized spacial score (nSPS) is 21.9. The Morgan fingerprint density at radius 3 is 1.72 bits per heavy atom. The van der Waals surface area contributed by atoms with E-state index in [-0.39, 0.29) is 46.0 Å². The van der Waals surface area contributed by atoms with Crippen molar-refractivity contribution in [2.45, 2.75) is 0 Å². The van der Waals surface area contributed by atoms with Crippen molar-refractivity contribution >= 4 is 28.8 Å². The van der Waals surface area contributed by atoms with E-state index in [9.17, 15) is 9.59 Å². The number of benzene rings is 1. The summed E-state index contributed by atoms with van der Waals surface area (Å²) in [5.41, 5.74) is 2.80. The van der Waals surface area contributed by atoms with E-state index in [1.807, 2.05) is 115 Å². The second kappa shape index (κ2) is 16.7. The maximum Gasteiger partial charge on any atom is 2.00 e. The third-order valence-electron chi connectivity index (χ3n) is 5.10. The molecule has 4 nitrogen and oxygen atoms in total. The Morgan fingerprint density at radius 1 is 0.694 bits per heavy atom. The number of hydrogen-bond donors (Lipinski definition) is 2. The Morgan fingerprint density at radius 2 is 1.19 bits per heavy atom. The number of hydrogen-bond acceptors (Lipinski definition) is 2. The number of carbonyl (C=O) groups excluding carboxylic acids is 2. The van der Waals surface area contributed by atoms with Crippen molar-refractivity contribution in [2.75, 3.05) is 10.6 Å². The maximum atomic E-state index is 12.2. The van der Waals surface area contributed by atoms with Gasteiger partial charge in [0, 0.05) is 28.4 Å². The Balaban J connectivity index is 0.000000317. The molecular weight excluding hydrogens is 532 g/mol. The molecule has 4 fully saturated rings. The molecule has 5 aliphatic rings. The molecule has 4 saturated carbocycles. The number of allylic oxidation sites excluding steroid dienone is 1. The van der Waals surface area contributed by atoms with Gasteiger partial charge in [-0.25, -0.2) is 0 Å². The third kappa shape index (κ3) is 9.35. The molecule has 36 heavy (non-hydrogen) atoms. The average molecular weight is 556 g/mol. The van der Waals surface area contributed by atoms with Crippen LogP contribution in [-0.4, -0.2) is 11.8 Å². The molecule has 1 aliphatic heterocycles. The van der Waals surface area contributed by atoms with Gasteiger partial charge in [-0.15, -0.1) is 0 Å². The fourth-order valence-electron chi connectivity index (χ4n) is 3.43. The number of fused-ring (bicyclic) bond motifs is 1. The first-order valence-corrected chi connectivity index (χ1v) is 11.0. The summed E-state index contributed by atoms with van der Waals surface area (Å²) >= 11 is 0. The van der Waals surface area contributed by atoms with E-state index in [2.05, 4.69) is 10.6 Å². The quantitative estimate of drug-likeness (QED) is 0.415. The first-order valence-electron chi connectivity index (χ1n) is 11.0. The minimum absolute atomic E-state index is 0. The zero-order valence-corrected chi connectivity index (χ0v) is 21.4. The summed E-state index contributed by atoms with van der Waals surface area (Å²) in [6.45, 7) is 0. The third-order valence-corrected chi connectivity index (χ3v) is 5.10. The van der Waals surface area contributed by atoms with Gasteiger partial charge in [0.05, 0.1) is 5.92 Å². The summed E-state index contributed by atoms with van der Waals surface area (Å²) in [6.07, 6.45) is 36.8. The van der Waals surface area contributed by atoms with Crippen molar-refractivity contribution in [3.63, 3.8) is 0 Å². The second-order valence-corrected chi connectivity index (χ2v) is 7.54. The van der Waals surface area contributed by atoms with Crippen LogP contribution in [0.25, 0.3) is 5.57 Å². The standard InChI is InChI=1S/C20H14N2O2.2C5H5.2Fe/c23-19(14-7-3-4-8-14)21-15-9-10-18-16(12-15)17(20(24)22-18)11-13-5-1-2-6-13;2*1-2-4-5-3-1;;/h1-12H,(H,21,23)(H,22,24);2*1-5H;;/q;;;2*+2/b17-11+;;;;. The summed E-state index contributed by atoms with van der Waals surface area (Å²) in [6, 6.07) is 5.41. The molecule has 178 valence electrons. The summed E-state index contributed by atoms with van der Waals surface area (Å²) in [5.74, 6) is 1.28. The van der Waals surface area contributed by atoms with Gasteiger partial charge in [0.25, 0.3) is 5.91 Å². The fourth-order valence-corrected chi connectivity index (χ4v) is 3.43. The smallest absolute Gasteiger partial charge is 0.326 e. The number of carbonyl (C=O) groups is 2. The molecule has 0 spiro atoms. The minimum atomic E-state index is -0.168. The number of amides is 2. The summed E-state index contributed by atoms with van der Waals surface area (Å²) in [4.78, 5) is 24.4. The van der Waals surface area contributed by atoms with Crippen LogP contribution < -0.4 is 10.6 Å². The Kier molecular flexibility index (Phi) is 14.5. The summed E-state index contributed by atoms with van der Waals surface area (Å²) < 4.78 is 0. The molecular formula is C30H24Fe2N2O2+4. The van der Waals surface area contributed by atoms with E-state index in [1.165, 1.54) is 0 Å². The van der Waals surface area contributed by atoms with Crippen molar-refractivity contribution < 1.29 is 43.7 Å². The molecule has 1 aromatic carbocycles. The molecule has 0 aromatic heterocycles. The van der Waals surface area contributed by atoms with Crippen molar-refractivity contribution in [3.05, 3.63) is 157 Å². The predicted molar refractivity (Wildman–Crippen MR) is 136 cm³/mol. The zero-order chi connectivity index (χ0) is 23.6. The van der Waals surface area contributed by atoms with E-state index in [4.69, 9.17) is 0 Å². The average Bonchev–Trinajstić information content (AvgIpc) is 3.69. The molecule has 4 aliphatic carbocycles. The first-order chi connectivity index (χ1) is 16.7. The molecule has 6 rings (SSSR count). The van der Waals surface area contributed by atoms with E-state index in [0.29, 0.717) is 17.2 Å². The fraction of sp³-hybridized carbons (Fsp3) is 0. The molecule has 2 N–H and O–H groups in total. The van der Waals surface area contributed by atoms with Gasteiger partial charge in [-0.2, -0.15) is 0 Å². The van der Waals surface area contributed by atoms with Gasteiger partial charge in [-0.05, 0) is 134 Å². The largest absolute Gasteiger partial charge is 2.00 e. The van der Waals surface area contributed by atoms with Crippen LogP contribution in [0, 0.1) is 127 Å². The monoisotopic (exact) mass is 556 g/mol. The van der Waals surface area contributed by atoms with E-state index < -0.39 is 0 Å². The number of anilines is 2. The van der Waals surface area contributed by atoms with E-state index >= 15 is 0 Å². The maximum absolute atomic E-state index is 12.2. The molecule has 0 saturated heterocycles. The predicted octanol–water partition coefficient (Wildman–Crippen LogP) is 4.81. The molecule has 1 heterocycles. The Hall–Kier alpha value is -1.06. The SMILES string of the molecule is O=C(Nc1ccc2c(c1)/C(=C\[C]1[CH][CH][CH][CH]1)C(=O)N2)[C]1[CH][CH][CH][CH]1.[CH]1[CH][CH][CH][CH]1.[CH]1[CH][CH][CH][CH]1.[Fe+2].[Fe+2]. The van der Waals surface area contributed by atoms with Crippen LogP contribution >= 0.6 is 0 Å². The van der Waals surface area contributed by atoms with Gasteiger partial charge >= 0.3 is 34.1 Å².